The maximum atomic E-state index is 11.4. The van der Waals surface area contributed by atoms with Crippen molar-refractivity contribution in [3.8, 4) is 34.7 Å². The van der Waals surface area contributed by atoms with Crippen LogP contribution >= 0.6 is 0 Å². The number of carboxylic acid groups (broad SMARTS) is 3. The molecule has 0 atom stereocenters. The number of aromatic carboxylic acids is 3. The van der Waals surface area contributed by atoms with E-state index in [-0.39, 0.29) is 123 Å². The number of azo groups is 3. The molecule has 0 saturated carbocycles. The number of carboxylic acids is 3. The van der Waals surface area contributed by atoms with Crippen LogP contribution in [0, 0.1) is 0 Å². The van der Waals surface area contributed by atoms with Gasteiger partial charge in [0.1, 0.15) is 17.1 Å². The third-order valence-corrected chi connectivity index (χ3v) is 16.6. The number of hydrogen-bond acceptors (Lipinski definition) is 30. The first-order chi connectivity index (χ1) is 43.1. The van der Waals surface area contributed by atoms with Gasteiger partial charge in [0.15, 0.2) is 17.1 Å². The molecule has 0 aliphatic carbocycles. The SMILES string of the molecule is O=C([O-])c1nn(-c2ccc(S(=O)(=O)O)cc2)c(O)c1N=Nc1ccc(S(=O)(=O)O)cc1.O=C([O-])c1nn(-c2ccc(S(=O)(=O)O)cc2)c(O)c1N=Nc1ccc(S(=O)(=O)O)cc1.O=C([O-])c1nn(-c2ccc(S(=O)(=O)O)cc2)c(O)c1N=Nc1ccc(S(=O)(=O)O)cc1.[Na+].[Na+].[Na+]. The molecule has 0 amide bonds. The van der Waals surface area contributed by atoms with Gasteiger partial charge in [0, 0.05) is 0 Å². The third kappa shape index (κ3) is 20.3. The van der Waals surface area contributed by atoms with Gasteiger partial charge in [-0.05, 0) is 146 Å². The van der Waals surface area contributed by atoms with Crippen LogP contribution in [0.3, 0.4) is 0 Å². The van der Waals surface area contributed by atoms with Crippen LogP contribution in [-0.2, 0) is 60.7 Å². The zero-order chi connectivity index (χ0) is 68.9. The fourth-order valence-corrected chi connectivity index (χ4v) is 9.97. The molecule has 0 spiro atoms. The minimum atomic E-state index is -4.46. The molecule has 9 rings (SSSR count). The van der Waals surface area contributed by atoms with Crippen LogP contribution in [0.2, 0.25) is 0 Å². The van der Waals surface area contributed by atoms with Gasteiger partial charge in [-0.2, -0.15) is 95.2 Å². The predicted octanol–water partition coefficient (Wildman–Crippen LogP) is -6.44. The van der Waals surface area contributed by atoms with E-state index in [1.165, 1.54) is 36.4 Å². The fraction of sp³-hybridized carbons (Fsp3) is 0. The molecule has 6 aromatic carbocycles. The van der Waals surface area contributed by atoms with E-state index in [4.69, 9.17) is 27.3 Å². The van der Waals surface area contributed by atoms with Crippen molar-refractivity contribution in [3.63, 3.8) is 0 Å². The number of hydrogen-bond donors (Lipinski definition) is 9. The first-order valence-electron chi connectivity index (χ1n) is 23.9. The second-order valence-corrected chi connectivity index (χ2v) is 26.1. The Morgan fingerprint density at radius 1 is 0.292 bits per heavy atom. The van der Waals surface area contributed by atoms with Crippen molar-refractivity contribution >= 4 is 113 Å². The molecule has 3 aromatic heterocycles. The van der Waals surface area contributed by atoms with E-state index in [9.17, 15) is 95.5 Å². The molecular formula is C48H33N12Na3O27S6. The fourth-order valence-electron chi connectivity index (χ4n) is 7.09. The number of aromatic nitrogens is 6. The molecule has 9 aromatic rings. The number of rotatable bonds is 18. The van der Waals surface area contributed by atoms with Gasteiger partial charge in [-0.25, -0.2) is 0 Å². The maximum absolute atomic E-state index is 11.4. The van der Waals surface area contributed by atoms with Crippen molar-refractivity contribution < 1.29 is 212 Å². The monoisotopic (exact) mass is 1470 g/mol. The van der Waals surface area contributed by atoms with Gasteiger partial charge in [-0.1, -0.05) is 0 Å². The second kappa shape index (κ2) is 31.9. The first-order valence-corrected chi connectivity index (χ1v) is 32.6. The molecular weight excluding hydrogens is 1440 g/mol. The molecule has 486 valence electrons. The van der Waals surface area contributed by atoms with Gasteiger partial charge in [0.05, 0.1) is 81.4 Å². The van der Waals surface area contributed by atoms with E-state index in [0.29, 0.717) is 0 Å². The Kier molecular flexibility index (Phi) is 26.8. The molecule has 96 heavy (non-hydrogen) atoms. The quantitative estimate of drug-likeness (QED) is 0.0219. The van der Waals surface area contributed by atoms with E-state index in [0.717, 1.165) is 123 Å². The van der Waals surface area contributed by atoms with Gasteiger partial charge in [0.2, 0.25) is 17.6 Å². The van der Waals surface area contributed by atoms with Gasteiger partial charge in [0.25, 0.3) is 60.7 Å². The summed E-state index contributed by atoms with van der Waals surface area (Å²) in [5, 5.41) is 98.0. The van der Waals surface area contributed by atoms with E-state index < -0.39 is 160 Å². The van der Waals surface area contributed by atoms with Crippen molar-refractivity contribution in [2.24, 2.45) is 30.7 Å². The van der Waals surface area contributed by atoms with Crippen LogP contribution in [-0.4, -0.2) is 140 Å². The van der Waals surface area contributed by atoms with Crippen LogP contribution in [0.4, 0.5) is 34.1 Å². The Morgan fingerprint density at radius 3 is 0.594 bits per heavy atom. The number of carbonyl (C=O) groups excluding carboxylic acids is 3. The average Bonchev–Trinajstić information content (AvgIpc) is 1.67. The largest absolute Gasteiger partial charge is 1.00 e. The van der Waals surface area contributed by atoms with E-state index >= 15 is 0 Å². The van der Waals surface area contributed by atoms with E-state index in [1.54, 1.807) is 0 Å². The summed E-state index contributed by atoms with van der Waals surface area (Å²) < 4.78 is 189. The second-order valence-electron chi connectivity index (χ2n) is 17.6. The third-order valence-electron chi connectivity index (χ3n) is 11.4. The normalized spacial score (nSPS) is 11.9. The number of carbonyl (C=O) groups is 3. The summed E-state index contributed by atoms with van der Waals surface area (Å²) in [6.07, 6.45) is 0. The van der Waals surface area contributed by atoms with Crippen LogP contribution in [0.5, 0.6) is 17.6 Å². The van der Waals surface area contributed by atoms with Crippen molar-refractivity contribution in [2.45, 2.75) is 29.4 Å². The Balaban J connectivity index is 0.000000302. The molecule has 48 heteroatoms. The Morgan fingerprint density at radius 2 is 0.448 bits per heavy atom. The van der Waals surface area contributed by atoms with Crippen LogP contribution in [0.25, 0.3) is 17.1 Å². The first kappa shape index (κ1) is 80.5. The van der Waals surface area contributed by atoms with Gasteiger partial charge in [-0.15, -0.1) is 15.3 Å². The number of benzene rings is 6. The molecule has 0 aliphatic rings. The molecule has 0 saturated heterocycles. The minimum Gasteiger partial charge on any atom is -0.543 e. The molecule has 9 N–H and O–H groups in total. The van der Waals surface area contributed by atoms with Crippen molar-refractivity contribution in [3.05, 3.63) is 163 Å². The van der Waals surface area contributed by atoms with Gasteiger partial charge < -0.3 is 45.0 Å². The molecule has 3 heterocycles. The van der Waals surface area contributed by atoms with E-state index in [1.807, 2.05) is 0 Å². The smallest absolute Gasteiger partial charge is 0.543 e. The van der Waals surface area contributed by atoms with Crippen molar-refractivity contribution in [1.82, 2.24) is 29.3 Å². The summed E-state index contributed by atoms with van der Waals surface area (Å²) >= 11 is 0. The zero-order valence-corrected chi connectivity index (χ0v) is 58.9. The van der Waals surface area contributed by atoms with Crippen LogP contribution in [0.1, 0.15) is 31.5 Å². The molecule has 39 nitrogen and oxygen atoms in total. The Labute approximate surface area is 604 Å². The zero-order valence-electron chi connectivity index (χ0n) is 48.0. The minimum absolute atomic E-state index is 0. The number of nitrogens with zero attached hydrogens (tertiary/aromatic N) is 12. The van der Waals surface area contributed by atoms with Crippen molar-refractivity contribution in [1.29, 1.82) is 0 Å². The topological polar surface area (TPSA) is 635 Å². The average molecular weight is 1470 g/mol. The summed E-state index contributed by atoms with van der Waals surface area (Å²) in [4.78, 5) is 31.6. The summed E-state index contributed by atoms with van der Waals surface area (Å²) in [6, 6.07) is 26.1. The predicted molar refractivity (Wildman–Crippen MR) is 299 cm³/mol. The molecule has 0 radical (unpaired) electrons. The molecule has 0 aliphatic heterocycles. The van der Waals surface area contributed by atoms with Crippen molar-refractivity contribution in [2.75, 3.05) is 0 Å². The Bertz CT molecular complexity index is 4720. The molecule has 0 bridgehead atoms. The van der Waals surface area contributed by atoms with E-state index in [2.05, 4.69) is 46.0 Å². The summed E-state index contributed by atoms with van der Waals surface area (Å²) in [5.41, 5.74) is -3.83. The van der Waals surface area contributed by atoms with Gasteiger partial charge in [-0.3, -0.25) is 27.3 Å². The summed E-state index contributed by atoms with van der Waals surface area (Å²) in [5.74, 6) is -7.68. The number of aromatic hydroxyl groups is 3. The van der Waals surface area contributed by atoms with Crippen LogP contribution < -0.4 is 104 Å². The maximum Gasteiger partial charge on any atom is 1.00 e. The summed E-state index contributed by atoms with van der Waals surface area (Å²) in [6.45, 7) is 0. The van der Waals surface area contributed by atoms with Gasteiger partial charge >= 0.3 is 88.7 Å². The molecule has 0 unspecified atom stereocenters. The molecule has 0 fully saturated rings. The Hall–Kier alpha value is -7.98. The summed E-state index contributed by atoms with van der Waals surface area (Å²) in [7, 11) is -26.6. The van der Waals surface area contributed by atoms with Crippen LogP contribution in [0.15, 0.2) is 206 Å². The standard InChI is InChI=1S/3C16H12N4O9S2.3Na/c3*21-15-13(18-17-9-1-5-11(6-2-9)30(24,25)26)14(16(22)23)19-20(15)10-3-7-12(8-4-10)31(27,28)29;;;/h3*1-8,21H,(H,22,23)(H,24,25,26)(H,27,28,29);;;/q;;;3*+1/p-3.